The highest BCUT2D eigenvalue weighted by Gasteiger charge is 2.27. The van der Waals surface area contributed by atoms with Crippen LogP contribution in [0.4, 0.5) is 4.79 Å². The molecule has 1 aromatic carbocycles. The summed E-state index contributed by atoms with van der Waals surface area (Å²) < 4.78 is 20.0. The molecule has 7 nitrogen and oxygen atoms in total. The molecular formula is C18H27NO6P+. The van der Waals surface area contributed by atoms with Gasteiger partial charge >= 0.3 is 20.7 Å². The maximum absolute atomic E-state index is 11.7. The third-order valence-corrected chi connectivity index (χ3v) is 4.54. The van der Waals surface area contributed by atoms with Gasteiger partial charge in [-0.3, -0.25) is 4.79 Å². The third-order valence-electron chi connectivity index (χ3n) is 4.25. The van der Waals surface area contributed by atoms with Crippen LogP contribution in [-0.2, 0) is 25.0 Å². The van der Waals surface area contributed by atoms with Crippen LogP contribution in [-0.4, -0.2) is 36.4 Å². The second-order valence-corrected chi connectivity index (χ2v) is 6.97. The van der Waals surface area contributed by atoms with Crippen molar-refractivity contribution in [3.63, 3.8) is 0 Å². The van der Waals surface area contributed by atoms with E-state index >= 15 is 0 Å². The Balaban J connectivity index is 2.58. The Bertz CT molecular complexity index is 582. The molecule has 0 fully saturated rings. The number of carbonyl (C=O) groups is 2. The molecule has 0 aliphatic rings. The highest BCUT2D eigenvalue weighted by atomic mass is 31.1. The van der Waals surface area contributed by atoms with Crippen molar-refractivity contribution in [1.82, 2.24) is 5.32 Å². The molecule has 0 heterocycles. The predicted octanol–water partition coefficient (Wildman–Crippen LogP) is 3.56. The smallest absolute Gasteiger partial charge is 0.469 e. The molecule has 144 valence electrons. The largest absolute Gasteiger partial charge is 0.494 e. The lowest BCUT2D eigenvalue weighted by Crippen LogP contribution is -2.47. The molecule has 0 saturated heterocycles. The standard InChI is InChI=1S/C18H26NO6P/c1-18(19-17(21)22,12-14-8-4-3-5-9-14)11-7-6-10-15(13-25-26-23)16(20)24-2/h3-5,8-9,15,19,26H,6-7,10-13H2,1-2H3/p+1. The minimum absolute atomic E-state index is 0.0588. The zero-order valence-electron chi connectivity index (χ0n) is 15.2. The first kappa shape index (κ1) is 22.1. The van der Waals surface area contributed by atoms with Crippen molar-refractivity contribution in [2.45, 2.75) is 44.6 Å². The number of amides is 1. The van der Waals surface area contributed by atoms with E-state index in [1.807, 2.05) is 37.3 Å². The van der Waals surface area contributed by atoms with E-state index in [-0.39, 0.29) is 12.6 Å². The number of ether oxygens (including phenoxy) is 1. The molecular weight excluding hydrogens is 357 g/mol. The second-order valence-electron chi connectivity index (χ2n) is 6.51. The van der Waals surface area contributed by atoms with Gasteiger partial charge in [-0.25, -0.2) is 4.79 Å². The lowest BCUT2D eigenvalue weighted by Gasteiger charge is -2.30. The SMILES string of the molecule is COC(=O)C(CCCCC(C)(Cc1ccccc1)NC(=O)O)CO[PH+]=O. The maximum Gasteiger partial charge on any atom is 0.494 e. The number of nitrogens with one attached hydrogen (secondary N) is 1. The minimum atomic E-state index is -1.05. The van der Waals surface area contributed by atoms with Crippen LogP contribution in [0.15, 0.2) is 30.3 Å². The zero-order chi connectivity index (χ0) is 19.4. The first-order valence-corrected chi connectivity index (χ1v) is 9.33. The fourth-order valence-electron chi connectivity index (χ4n) is 2.98. The Hall–Kier alpha value is -1.98. The molecule has 8 heteroatoms. The molecule has 0 aromatic heterocycles. The molecule has 0 bridgehead atoms. The summed E-state index contributed by atoms with van der Waals surface area (Å²) in [6.07, 6.45) is 2.13. The van der Waals surface area contributed by atoms with Gasteiger partial charge in [0, 0.05) is 5.54 Å². The fourth-order valence-corrected chi connectivity index (χ4v) is 3.25. The Kier molecular flexibility index (Phi) is 9.84. The number of hydrogen-bond donors (Lipinski definition) is 2. The van der Waals surface area contributed by atoms with Gasteiger partial charge in [-0.2, -0.15) is 0 Å². The van der Waals surface area contributed by atoms with Crippen LogP contribution < -0.4 is 5.32 Å². The van der Waals surface area contributed by atoms with Gasteiger partial charge in [-0.1, -0.05) is 43.2 Å². The van der Waals surface area contributed by atoms with Crippen LogP contribution in [0.2, 0.25) is 0 Å². The molecule has 1 amide bonds. The van der Waals surface area contributed by atoms with Gasteiger partial charge in [0.05, 0.1) is 13.0 Å². The van der Waals surface area contributed by atoms with Crippen molar-refractivity contribution in [3.05, 3.63) is 35.9 Å². The lowest BCUT2D eigenvalue weighted by molar-refractivity contribution is -0.146. The molecule has 0 radical (unpaired) electrons. The molecule has 3 atom stereocenters. The van der Waals surface area contributed by atoms with Crippen molar-refractivity contribution in [3.8, 4) is 0 Å². The van der Waals surface area contributed by atoms with E-state index < -0.39 is 26.2 Å². The van der Waals surface area contributed by atoms with Crippen molar-refractivity contribution in [2.75, 3.05) is 13.7 Å². The molecule has 1 rings (SSSR count). The van der Waals surface area contributed by atoms with E-state index in [0.717, 1.165) is 12.0 Å². The van der Waals surface area contributed by atoms with Gasteiger partial charge < -0.3 is 15.2 Å². The normalized spacial score (nSPS) is 14.4. The maximum atomic E-state index is 11.7. The second kappa shape index (κ2) is 11.6. The van der Waals surface area contributed by atoms with Crippen LogP contribution in [0.1, 0.15) is 38.2 Å². The first-order chi connectivity index (χ1) is 12.4. The molecule has 3 unspecified atom stereocenters. The van der Waals surface area contributed by atoms with Crippen LogP contribution in [0, 0.1) is 5.92 Å². The van der Waals surface area contributed by atoms with Gasteiger partial charge in [-0.05, 0) is 36.3 Å². The monoisotopic (exact) mass is 384 g/mol. The van der Waals surface area contributed by atoms with E-state index in [4.69, 9.17) is 14.4 Å². The summed E-state index contributed by atoms with van der Waals surface area (Å²) in [6.45, 7) is 1.94. The van der Waals surface area contributed by atoms with Crippen LogP contribution in [0.25, 0.3) is 0 Å². The Morgan fingerprint density at radius 2 is 1.96 bits per heavy atom. The topological polar surface area (TPSA) is 102 Å². The average Bonchev–Trinajstić information content (AvgIpc) is 2.60. The Morgan fingerprint density at radius 1 is 1.27 bits per heavy atom. The van der Waals surface area contributed by atoms with E-state index in [0.29, 0.717) is 25.7 Å². The summed E-state index contributed by atoms with van der Waals surface area (Å²) in [4.78, 5) is 22.9. The van der Waals surface area contributed by atoms with E-state index in [1.54, 1.807) is 0 Å². The zero-order valence-corrected chi connectivity index (χ0v) is 16.2. The van der Waals surface area contributed by atoms with Crippen LogP contribution in [0.5, 0.6) is 0 Å². The van der Waals surface area contributed by atoms with Gasteiger partial charge in [0.25, 0.3) is 0 Å². The molecule has 2 N–H and O–H groups in total. The number of methoxy groups -OCH3 is 1. The van der Waals surface area contributed by atoms with E-state index in [2.05, 4.69) is 5.32 Å². The highest BCUT2D eigenvalue weighted by molar-refractivity contribution is 7.17. The van der Waals surface area contributed by atoms with Gasteiger partial charge in [-0.15, -0.1) is 4.52 Å². The average molecular weight is 384 g/mol. The predicted molar refractivity (Wildman–Crippen MR) is 98.6 cm³/mol. The summed E-state index contributed by atoms with van der Waals surface area (Å²) in [5.74, 6) is -0.853. The molecule has 1 aromatic rings. The number of benzene rings is 1. The highest BCUT2D eigenvalue weighted by Crippen LogP contribution is 2.22. The van der Waals surface area contributed by atoms with Crippen molar-refractivity contribution >= 4 is 20.7 Å². The number of carboxylic acid groups (broad SMARTS) is 1. The lowest BCUT2D eigenvalue weighted by atomic mass is 9.87. The number of esters is 1. The van der Waals surface area contributed by atoms with Crippen molar-refractivity contribution in [2.24, 2.45) is 5.92 Å². The van der Waals surface area contributed by atoms with Crippen molar-refractivity contribution < 1.29 is 28.5 Å². The molecule has 0 spiro atoms. The first-order valence-electron chi connectivity index (χ1n) is 8.52. The van der Waals surface area contributed by atoms with E-state index in [1.165, 1.54) is 7.11 Å². The minimum Gasteiger partial charge on any atom is -0.469 e. The van der Waals surface area contributed by atoms with Gasteiger partial charge in [0.15, 0.2) is 0 Å². The van der Waals surface area contributed by atoms with E-state index in [9.17, 15) is 14.2 Å². The fraction of sp³-hybridized carbons (Fsp3) is 0.556. The summed E-state index contributed by atoms with van der Waals surface area (Å²) in [7, 11) is 0.397. The third kappa shape index (κ3) is 8.41. The Morgan fingerprint density at radius 3 is 2.54 bits per heavy atom. The number of carbonyl (C=O) groups excluding carboxylic acids is 1. The number of unbranched alkanes of at least 4 members (excludes halogenated alkanes) is 1. The number of hydrogen-bond acceptors (Lipinski definition) is 5. The van der Waals surface area contributed by atoms with Crippen LogP contribution in [0.3, 0.4) is 0 Å². The quantitative estimate of drug-likeness (QED) is 0.325. The molecule has 0 aliphatic carbocycles. The molecule has 0 aliphatic heterocycles. The summed E-state index contributed by atoms with van der Waals surface area (Å²) in [6, 6.07) is 9.71. The van der Waals surface area contributed by atoms with Crippen molar-refractivity contribution in [1.29, 1.82) is 0 Å². The number of rotatable bonds is 12. The Labute approximate surface area is 155 Å². The summed E-state index contributed by atoms with van der Waals surface area (Å²) in [5, 5.41) is 11.8. The van der Waals surface area contributed by atoms with Crippen LogP contribution >= 0.6 is 8.69 Å². The summed E-state index contributed by atoms with van der Waals surface area (Å²) >= 11 is 0. The van der Waals surface area contributed by atoms with Gasteiger partial charge in [0.2, 0.25) is 0 Å². The summed E-state index contributed by atoms with van der Waals surface area (Å²) in [5.41, 5.74) is 0.460. The molecule has 26 heavy (non-hydrogen) atoms. The van der Waals surface area contributed by atoms with Gasteiger partial charge in [0.1, 0.15) is 6.61 Å². The molecule has 0 saturated carbocycles.